The molecule has 0 heterocycles. The van der Waals surface area contributed by atoms with Gasteiger partial charge < -0.3 is 5.11 Å². The minimum atomic E-state index is -4.62. The third-order valence-corrected chi connectivity index (χ3v) is 6.45. The molecule has 9 nitrogen and oxygen atoms in total. The van der Waals surface area contributed by atoms with E-state index in [0.29, 0.717) is 5.39 Å². The molecule has 0 aromatic heterocycles. The molecule has 0 aliphatic carbocycles. The minimum absolute atomic E-state index is 0. The first kappa shape index (κ1) is 27.9. The molecule has 0 aliphatic rings. The van der Waals surface area contributed by atoms with Gasteiger partial charge in [-0.2, -0.15) is 16.8 Å². The molecule has 0 atom stereocenters. The summed E-state index contributed by atoms with van der Waals surface area (Å²) in [6, 6.07) is 15.8. The number of benzene rings is 4. The van der Waals surface area contributed by atoms with E-state index in [1.807, 2.05) is 0 Å². The standard InChI is InChI=1S/C20H14N2O7S2.2Na.2H/c23-20-15-8-4-3-7-14(15)19(31(27,28)29)11-17(20)22-21-16-9-10-18(30(24,25)26)13-6-2-1-5-12(13)16;;;;/h1-11,23H,(H,24,25,26)(H,27,28,29);;;;. The Morgan fingerprint density at radius 3 is 1.58 bits per heavy atom. The molecule has 13 heteroatoms. The summed E-state index contributed by atoms with van der Waals surface area (Å²) in [5, 5.41) is 19.3. The zero-order chi connectivity index (χ0) is 22.4. The van der Waals surface area contributed by atoms with E-state index < -0.39 is 25.1 Å². The quantitative estimate of drug-likeness (QED) is 0.218. The van der Waals surface area contributed by atoms with Gasteiger partial charge in [0.25, 0.3) is 20.2 Å². The summed E-state index contributed by atoms with van der Waals surface area (Å²) in [6.07, 6.45) is 0. The van der Waals surface area contributed by atoms with Crippen molar-refractivity contribution in [3.05, 3.63) is 66.7 Å². The Morgan fingerprint density at radius 1 is 0.576 bits per heavy atom. The van der Waals surface area contributed by atoms with Gasteiger partial charge >= 0.3 is 59.1 Å². The van der Waals surface area contributed by atoms with Crippen LogP contribution in [0.15, 0.2) is 86.7 Å². The normalized spacial score (nSPS) is 11.9. The summed E-state index contributed by atoms with van der Waals surface area (Å²) in [5.41, 5.74) is -0.00164. The van der Waals surface area contributed by atoms with E-state index in [9.17, 15) is 31.0 Å². The summed E-state index contributed by atoms with van der Waals surface area (Å²) in [6.45, 7) is 0. The number of hydrogen-bond acceptors (Lipinski definition) is 7. The van der Waals surface area contributed by atoms with Crippen LogP contribution in [0.2, 0.25) is 0 Å². The Balaban J connectivity index is 0.00000193. The van der Waals surface area contributed by atoms with Crippen molar-refractivity contribution in [3.8, 4) is 5.75 Å². The molecule has 0 aliphatic heterocycles. The molecule has 4 aromatic carbocycles. The predicted molar refractivity (Wildman–Crippen MR) is 128 cm³/mol. The van der Waals surface area contributed by atoms with Gasteiger partial charge in [0, 0.05) is 21.5 Å². The molecule has 0 spiro atoms. The van der Waals surface area contributed by atoms with Crippen molar-refractivity contribution in [2.75, 3.05) is 0 Å². The first-order valence-corrected chi connectivity index (χ1v) is 11.6. The van der Waals surface area contributed by atoms with Crippen LogP contribution in [0.4, 0.5) is 11.4 Å². The molecule has 33 heavy (non-hydrogen) atoms. The van der Waals surface area contributed by atoms with Gasteiger partial charge in [-0.15, -0.1) is 10.2 Å². The SMILES string of the molecule is O=S(=O)(O)c1ccc(N=Nc2cc(S(=O)(=O)O)c3ccccc3c2O)c2ccccc12.[NaH].[NaH]. The van der Waals surface area contributed by atoms with Gasteiger partial charge in [-0.25, -0.2) is 0 Å². The van der Waals surface area contributed by atoms with E-state index in [4.69, 9.17) is 0 Å². The summed E-state index contributed by atoms with van der Waals surface area (Å²) in [5.74, 6) is -0.342. The number of aromatic hydroxyl groups is 1. The molecule has 162 valence electrons. The molecule has 0 saturated carbocycles. The average Bonchev–Trinajstić information content (AvgIpc) is 2.71. The molecule has 4 aromatic rings. The van der Waals surface area contributed by atoms with Crippen LogP contribution in [0.5, 0.6) is 5.75 Å². The Bertz CT molecular complexity index is 1610. The van der Waals surface area contributed by atoms with Gasteiger partial charge in [0.15, 0.2) is 5.75 Å². The zero-order valence-electron chi connectivity index (χ0n) is 15.5. The van der Waals surface area contributed by atoms with Crippen LogP contribution < -0.4 is 0 Å². The van der Waals surface area contributed by atoms with Crippen molar-refractivity contribution >= 4 is 112 Å². The maximum atomic E-state index is 11.8. The van der Waals surface area contributed by atoms with Crippen molar-refractivity contribution in [1.29, 1.82) is 0 Å². The van der Waals surface area contributed by atoms with Crippen LogP contribution in [0.25, 0.3) is 21.5 Å². The van der Waals surface area contributed by atoms with Crippen LogP contribution >= 0.6 is 0 Å². The van der Waals surface area contributed by atoms with Gasteiger partial charge in [-0.1, -0.05) is 48.5 Å². The predicted octanol–water partition coefficient (Wildman–Crippen LogP) is 3.31. The molecule has 0 radical (unpaired) electrons. The second-order valence-electron chi connectivity index (χ2n) is 6.57. The Labute approximate surface area is 233 Å². The first-order chi connectivity index (χ1) is 14.6. The van der Waals surface area contributed by atoms with E-state index in [2.05, 4.69) is 10.2 Å². The van der Waals surface area contributed by atoms with E-state index in [-0.39, 0.29) is 97.3 Å². The van der Waals surface area contributed by atoms with Crippen LogP contribution in [0.3, 0.4) is 0 Å². The fraction of sp³-hybridized carbons (Fsp3) is 0. The van der Waals surface area contributed by atoms with E-state index >= 15 is 0 Å². The number of phenols is 1. The molecule has 0 saturated heterocycles. The molecule has 0 bridgehead atoms. The maximum absolute atomic E-state index is 11.8. The van der Waals surface area contributed by atoms with Crippen LogP contribution in [0, 0.1) is 0 Å². The number of hydrogen-bond donors (Lipinski definition) is 3. The summed E-state index contributed by atoms with van der Waals surface area (Å²) in [7, 11) is -9.09. The van der Waals surface area contributed by atoms with Crippen molar-refractivity contribution < 1.29 is 31.0 Å². The van der Waals surface area contributed by atoms with Gasteiger partial charge in [-0.3, -0.25) is 9.11 Å². The van der Waals surface area contributed by atoms with Gasteiger partial charge in [0.2, 0.25) is 0 Å². The number of fused-ring (bicyclic) bond motifs is 2. The van der Waals surface area contributed by atoms with Crippen LogP contribution in [-0.4, -0.2) is 90.2 Å². The van der Waals surface area contributed by atoms with Gasteiger partial charge in [-0.05, 0) is 18.2 Å². The molecular weight excluding hydrogens is 490 g/mol. The second kappa shape index (κ2) is 10.5. The molecule has 0 amide bonds. The molecule has 0 unspecified atom stereocenters. The van der Waals surface area contributed by atoms with Gasteiger partial charge in [0.1, 0.15) is 15.5 Å². The molecular formula is C20H16N2Na2O7S2. The zero-order valence-corrected chi connectivity index (χ0v) is 17.2. The van der Waals surface area contributed by atoms with E-state index in [1.165, 1.54) is 24.3 Å². The third kappa shape index (κ3) is 5.65. The first-order valence-electron chi connectivity index (χ1n) is 8.70. The Kier molecular flexibility index (Phi) is 8.85. The summed E-state index contributed by atoms with van der Waals surface area (Å²) in [4.78, 5) is -0.745. The summed E-state index contributed by atoms with van der Waals surface area (Å²) < 4.78 is 65.9. The fourth-order valence-corrected chi connectivity index (χ4v) is 4.69. The number of rotatable bonds is 4. The van der Waals surface area contributed by atoms with Crippen molar-refractivity contribution in [1.82, 2.24) is 0 Å². The number of phenolic OH excluding ortho intramolecular Hbond substituents is 1. The molecule has 3 N–H and O–H groups in total. The number of nitrogens with zero attached hydrogens (tertiary/aromatic N) is 2. The molecule has 4 rings (SSSR count). The average molecular weight is 506 g/mol. The van der Waals surface area contributed by atoms with Crippen LogP contribution in [0.1, 0.15) is 0 Å². The topological polar surface area (TPSA) is 154 Å². The Morgan fingerprint density at radius 2 is 1.03 bits per heavy atom. The second-order valence-corrected chi connectivity index (χ2v) is 9.35. The monoisotopic (exact) mass is 506 g/mol. The summed E-state index contributed by atoms with van der Waals surface area (Å²) >= 11 is 0. The van der Waals surface area contributed by atoms with Crippen LogP contribution in [-0.2, 0) is 20.2 Å². The fourth-order valence-electron chi connectivity index (χ4n) is 3.28. The third-order valence-electron chi connectivity index (χ3n) is 4.64. The van der Waals surface area contributed by atoms with E-state index in [0.717, 1.165) is 12.1 Å². The van der Waals surface area contributed by atoms with Crippen molar-refractivity contribution in [2.45, 2.75) is 9.79 Å². The van der Waals surface area contributed by atoms with Gasteiger partial charge in [0.05, 0.1) is 5.69 Å². The molecule has 0 fully saturated rings. The van der Waals surface area contributed by atoms with E-state index in [1.54, 1.807) is 30.3 Å². The Hall–Kier alpha value is -1.38. The van der Waals surface area contributed by atoms with Crippen molar-refractivity contribution in [3.63, 3.8) is 0 Å². The van der Waals surface area contributed by atoms with Crippen molar-refractivity contribution in [2.24, 2.45) is 10.2 Å². The number of azo groups is 1.